The van der Waals surface area contributed by atoms with Crippen molar-refractivity contribution >= 4 is 18.0 Å². The van der Waals surface area contributed by atoms with E-state index in [-0.39, 0.29) is 32.3 Å². The van der Waals surface area contributed by atoms with Gasteiger partial charge in [0.1, 0.15) is 19.3 Å². The molecule has 1 aliphatic rings. The fourth-order valence-corrected chi connectivity index (χ4v) is 4.58. The summed E-state index contributed by atoms with van der Waals surface area (Å²) in [5.74, 6) is -1.71. The Morgan fingerprint density at radius 2 is 1.51 bits per heavy atom. The molecule has 4 rings (SSSR count). The van der Waals surface area contributed by atoms with Crippen molar-refractivity contribution in [2.24, 2.45) is 0 Å². The zero-order valence-electron chi connectivity index (χ0n) is 21.7. The Labute approximate surface area is 227 Å². The molecule has 0 heterocycles. The Morgan fingerprint density at radius 3 is 2.15 bits per heavy atom. The van der Waals surface area contributed by atoms with Gasteiger partial charge in [0, 0.05) is 12.5 Å². The van der Waals surface area contributed by atoms with E-state index in [0.717, 1.165) is 27.8 Å². The summed E-state index contributed by atoms with van der Waals surface area (Å²) >= 11 is 0. The maximum absolute atomic E-state index is 13.0. The number of hydrogen-bond acceptors (Lipinski definition) is 6. The van der Waals surface area contributed by atoms with Crippen molar-refractivity contribution in [1.82, 2.24) is 10.6 Å². The SMILES string of the molecule is C[C@H](OCc1ccccc1)[C@@H](NC(=O)OCC1c2ccccc2-c2ccccc21)C(=O)NCCOCC(=O)O. The van der Waals surface area contributed by atoms with E-state index in [4.69, 9.17) is 19.3 Å². The number of rotatable bonds is 13. The number of carbonyl (C=O) groups excluding carboxylic acids is 2. The van der Waals surface area contributed by atoms with Gasteiger partial charge < -0.3 is 30.0 Å². The van der Waals surface area contributed by atoms with Crippen LogP contribution in [0.3, 0.4) is 0 Å². The van der Waals surface area contributed by atoms with Gasteiger partial charge in [0.2, 0.25) is 5.91 Å². The number of nitrogens with one attached hydrogen (secondary N) is 2. The van der Waals surface area contributed by atoms with E-state index in [1.54, 1.807) is 6.92 Å². The van der Waals surface area contributed by atoms with E-state index in [0.29, 0.717) is 0 Å². The number of fused-ring (bicyclic) bond motifs is 3. The number of alkyl carbamates (subject to hydrolysis) is 1. The quantitative estimate of drug-likeness (QED) is 0.287. The summed E-state index contributed by atoms with van der Waals surface area (Å²) in [4.78, 5) is 36.5. The van der Waals surface area contributed by atoms with Gasteiger partial charge in [-0.05, 0) is 34.7 Å². The third kappa shape index (κ3) is 7.43. The third-order valence-electron chi connectivity index (χ3n) is 6.50. The van der Waals surface area contributed by atoms with E-state index in [1.807, 2.05) is 66.7 Å². The molecule has 0 aliphatic heterocycles. The van der Waals surface area contributed by atoms with Crippen molar-refractivity contribution in [3.8, 4) is 11.1 Å². The molecule has 1 aliphatic carbocycles. The molecule has 0 saturated carbocycles. The Balaban J connectivity index is 1.38. The summed E-state index contributed by atoms with van der Waals surface area (Å²) < 4.78 is 16.5. The highest BCUT2D eigenvalue weighted by atomic mass is 16.5. The number of carbonyl (C=O) groups is 3. The van der Waals surface area contributed by atoms with Crippen LogP contribution >= 0.6 is 0 Å². The Morgan fingerprint density at radius 1 is 0.897 bits per heavy atom. The van der Waals surface area contributed by atoms with Crippen LogP contribution in [0.1, 0.15) is 29.5 Å². The first-order chi connectivity index (χ1) is 18.9. The van der Waals surface area contributed by atoms with Gasteiger partial charge >= 0.3 is 12.1 Å². The molecular formula is C30H32N2O7. The molecule has 2 amide bonds. The van der Waals surface area contributed by atoms with Gasteiger partial charge in [0.05, 0.1) is 19.3 Å². The smallest absolute Gasteiger partial charge is 0.407 e. The number of benzene rings is 3. The van der Waals surface area contributed by atoms with E-state index >= 15 is 0 Å². The minimum absolute atomic E-state index is 0.00889. The molecule has 0 unspecified atom stereocenters. The highest BCUT2D eigenvalue weighted by Gasteiger charge is 2.31. The largest absolute Gasteiger partial charge is 0.480 e. The lowest BCUT2D eigenvalue weighted by atomic mass is 9.98. The van der Waals surface area contributed by atoms with Crippen LogP contribution in [0, 0.1) is 0 Å². The zero-order chi connectivity index (χ0) is 27.6. The van der Waals surface area contributed by atoms with Gasteiger partial charge in [0.25, 0.3) is 0 Å². The third-order valence-corrected chi connectivity index (χ3v) is 6.50. The van der Waals surface area contributed by atoms with Crippen LogP contribution < -0.4 is 10.6 Å². The lowest BCUT2D eigenvalue weighted by molar-refractivity contribution is -0.142. The molecule has 3 N–H and O–H groups in total. The predicted octanol–water partition coefficient (Wildman–Crippen LogP) is 3.72. The summed E-state index contributed by atoms with van der Waals surface area (Å²) in [7, 11) is 0. The molecule has 3 aromatic carbocycles. The van der Waals surface area contributed by atoms with Gasteiger partial charge in [-0.1, -0.05) is 78.9 Å². The second kappa shape index (κ2) is 13.5. The molecule has 9 nitrogen and oxygen atoms in total. The molecule has 0 bridgehead atoms. The zero-order valence-corrected chi connectivity index (χ0v) is 21.7. The van der Waals surface area contributed by atoms with Crippen LogP contribution in [-0.2, 0) is 30.4 Å². The van der Waals surface area contributed by atoms with Crippen molar-refractivity contribution in [3.05, 3.63) is 95.6 Å². The molecule has 204 valence electrons. The molecule has 0 radical (unpaired) electrons. The Hall–Kier alpha value is -4.21. The van der Waals surface area contributed by atoms with E-state index < -0.39 is 36.7 Å². The van der Waals surface area contributed by atoms with E-state index in [1.165, 1.54) is 0 Å². The van der Waals surface area contributed by atoms with E-state index in [2.05, 4.69) is 22.8 Å². The lowest BCUT2D eigenvalue weighted by Crippen LogP contribution is -2.53. The summed E-state index contributed by atoms with van der Waals surface area (Å²) in [5.41, 5.74) is 5.33. The normalized spacial score (nSPS) is 13.6. The van der Waals surface area contributed by atoms with Crippen LogP contribution in [0.5, 0.6) is 0 Å². The van der Waals surface area contributed by atoms with Gasteiger partial charge in [-0.3, -0.25) is 4.79 Å². The number of aliphatic carboxylic acids is 1. The number of ether oxygens (including phenoxy) is 3. The van der Waals surface area contributed by atoms with Gasteiger partial charge in [0.15, 0.2) is 0 Å². The van der Waals surface area contributed by atoms with Crippen molar-refractivity contribution in [2.45, 2.75) is 31.6 Å². The maximum atomic E-state index is 13.0. The lowest BCUT2D eigenvalue weighted by Gasteiger charge is -2.25. The Kier molecular flexibility index (Phi) is 9.66. The van der Waals surface area contributed by atoms with Crippen LogP contribution in [0.25, 0.3) is 11.1 Å². The topological polar surface area (TPSA) is 123 Å². The number of carboxylic acids is 1. The molecule has 39 heavy (non-hydrogen) atoms. The minimum atomic E-state index is -1.10. The Bertz CT molecular complexity index is 1240. The van der Waals surface area contributed by atoms with Gasteiger partial charge in [-0.2, -0.15) is 0 Å². The molecule has 0 aromatic heterocycles. The van der Waals surface area contributed by atoms with Crippen molar-refractivity contribution in [2.75, 3.05) is 26.4 Å². The fourth-order valence-electron chi connectivity index (χ4n) is 4.58. The first kappa shape index (κ1) is 27.8. The average Bonchev–Trinajstić information content (AvgIpc) is 3.27. The number of hydrogen-bond donors (Lipinski definition) is 3. The van der Waals surface area contributed by atoms with Crippen LogP contribution in [0.2, 0.25) is 0 Å². The van der Waals surface area contributed by atoms with Gasteiger partial charge in [-0.25, -0.2) is 9.59 Å². The molecule has 3 aromatic rings. The minimum Gasteiger partial charge on any atom is -0.480 e. The van der Waals surface area contributed by atoms with Crippen molar-refractivity contribution < 1.29 is 33.7 Å². The first-order valence-electron chi connectivity index (χ1n) is 12.8. The summed E-state index contributed by atoms with van der Waals surface area (Å²) in [6.07, 6.45) is -1.43. The van der Waals surface area contributed by atoms with Crippen LogP contribution in [0.4, 0.5) is 4.79 Å². The fraction of sp³-hybridized carbons (Fsp3) is 0.300. The van der Waals surface area contributed by atoms with Crippen molar-refractivity contribution in [3.63, 3.8) is 0 Å². The number of carboxylic acid groups (broad SMARTS) is 1. The highest BCUT2D eigenvalue weighted by Crippen LogP contribution is 2.44. The molecule has 0 spiro atoms. The predicted molar refractivity (Wildman–Crippen MR) is 144 cm³/mol. The highest BCUT2D eigenvalue weighted by molar-refractivity contribution is 5.86. The molecular weight excluding hydrogens is 500 g/mol. The second-order valence-electron chi connectivity index (χ2n) is 9.19. The second-order valence-corrected chi connectivity index (χ2v) is 9.19. The monoisotopic (exact) mass is 532 g/mol. The summed E-state index contributed by atoms with van der Waals surface area (Å²) in [6, 6.07) is 24.5. The summed E-state index contributed by atoms with van der Waals surface area (Å²) in [5, 5.41) is 14.0. The van der Waals surface area contributed by atoms with Crippen LogP contribution in [-0.4, -0.2) is 61.6 Å². The summed E-state index contributed by atoms with van der Waals surface area (Å²) in [6.45, 7) is 1.66. The molecule has 2 atom stereocenters. The number of amides is 2. The van der Waals surface area contributed by atoms with Crippen molar-refractivity contribution in [1.29, 1.82) is 0 Å². The average molecular weight is 533 g/mol. The standard InChI is InChI=1S/C30H32N2O7/c1-20(38-17-21-9-3-2-4-10-21)28(29(35)31-15-16-37-19-27(33)34)32-30(36)39-18-26-24-13-7-5-11-22(24)23-12-6-8-14-25(23)26/h2-14,20,26,28H,15-19H2,1H3,(H,31,35)(H,32,36)(H,33,34)/t20-,28+/m0/s1. The first-order valence-corrected chi connectivity index (χ1v) is 12.8. The van der Waals surface area contributed by atoms with Gasteiger partial charge in [-0.15, -0.1) is 0 Å². The maximum Gasteiger partial charge on any atom is 0.407 e. The molecule has 0 fully saturated rings. The van der Waals surface area contributed by atoms with E-state index in [9.17, 15) is 14.4 Å². The molecule has 0 saturated heterocycles. The molecule has 9 heteroatoms. The van der Waals surface area contributed by atoms with Crippen LogP contribution in [0.15, 0.2) is 78.9 Å².